The summed E-state index contributed by atoms with van der Waals surface area (Å²) < 4.78 is 62.5. The number of methoxy groups -OCH3 is 1. The van der Waals surface area contributed by atoms with Gasteiger partial charge >= 0.3 is 12.1 Å². The van der Waals surface area contributed by atoms with E-state index < -0.39 is 29.4 Å². The molecule has 10 heteroatoms. The molecule has 0 aliphatic carbocycles. The Kier molecular flexibility index (Phi) is 11.5. The van der Waals surface area contributed by atoms with Crippen LogP contribution in [0.5, 0.6) is 5.75 Å². The maximum Gasteiger partial charge on any atom is 0.416 e. The molecule has 1 N–H and O–H groups in total. The van der Waals surface area contributed by atoms with Gasteiger partial charge in [0.1, 0.15) is 0 Å². The number of hydrogen-bond acceptors (Lipinski definition) is 5. The first-order chi connectivity index (χ1) is 19.2. The first kappa shape index (κ1) is 30.6. The van der Waals surface area contributed by atoms with E-state index >= 15 is 0 Å². The Hall–Kier alpha value is -3.95. The molecule has 0 radical (unpaired) electrons. The Morgan fingerprint density at radius 3 is 2.30 bits per heavy atom. The van der Waals surface area contributed by atoms with Crippen LogP contribution in [0.4, 0.5) is 17.6 Å². The van der Waals surface area contributed by atoms with Crippen LogP contribution in [0.25, 0.3) is 11.3 Å². The zero-order chi connectivity index (χ0) is 29.0. The number of hydrogen-bond donors (Lipinski definition) is 1. The minimum atomic E-state index is -4.36. The number of aryl methyl sites for hydroxylation is 1. The maximum absolute atomic E-state index is 14.3. The van der Waals surface area contributed by atoms with Gasteiger partial charge in [0.05, 0.1) is 31.4 Å². The van der Waals surface area contributed by atoms with Crippen LogP contribution in [0.15, 0.2) is 60.8 Å². The number of unbranched alkanes of at least 4 members (excludes halogenated alkanes) is 4. The van der Waals surface area contributed by atoms with Crippen LogP contribution in [0.1, 0.15) is 60.0 Å². The number of ether oxygens (including phenoxy) is 2. The first-order valence-corrected chi connectivity index (χ1v) is 13.1. The van der Waals surface area contributed by atoms with Crippen LogP contribution in [0.2, 0.25) is 0 Å². The number of nitrogens with zero attached hydrogens (tertiary/aromatic N) is 1. The van der Waals surface area contributed by atoms with E-state index in [-0.39, 0.29) is 24.3 Å². The van der Waals surface area contributed by atoms with E-state index in [4.69, 9.17) is 4.74 Å². The van der Waals surface area contributed by atoms with E-state index in [0.29, 0.717) is 17.9 Å². The summed E-state index contributed by atoms with van der Waals surface area (Å²) in [5, 5.41) is 2.53. The summed E-state index contributed by atoms with van der Waals surface area (Å²) in [6.45, 7) is 0.456. The largest absolute Gasteiger partial charge is 0.491 e. The Balaban J connectivity index is 1.29. The highest BCUT2D eigenvalue weighted by molar-refractivity contribution is 5.94. The smallest absolute Gasteiger partial charge is 0.416 e. The fourth-order valence-corrected chi connectivity index (χ4v) is 3.96. The number of esters is 1. The maximum atomic E-state index is 14.3. The van der Waals surface area contributed by atoms with Crippen LogP contribution in [0, 0.1) is 5.82 Å². The highest BCUT2D eigenvalue weighted by Gasteiger charge is 2.30. The summed E-state index contributed by atoms with van der Waals surface area (Å²) in [5.41, 5.74) is 1.78. The fourth-order valence-electron chi connectivity index (χ4n) is 3.96. The first-order valence-electron chi connectivity index (χ1n) is 13.1. The lowest BCUT2D eigenvalue weighted by molar-refractivity contribution is -0.140. The van der Waals surface area contributed by atoms with E-state index in [0.717, 1.165) is 62.3 Å². The number of benzene rings is 2. The fraction of sp³-hybridized carbons (Fsp3) is 0.367. The van der Waals surface area contributed by atoms with E-state index in [1.54, 1.807) is 6.20 Å². The quantitative estimate of drug-likeness (QED) is 0.134. The summed E-state index contributed by atoms with van der Waals surface area (Å²) in [5.74, 6) is -1.48. The molecule has 1 amide bonds. The van der Waals surface area contributed by atoms with Crippen molar-refractivity contribution in [2.24, 2.45) is 0 Å². The van der Waals surface area contributed by atoms with Crippen molar-refractivity contribution in [1.29, 1.82) is 0 Å². The van der Waals surface area contributed by atoms with Gasteiger partial charge < -0.3 is 14.8 Å². The predicted octanol–water partition coefficient (Wildman–Crippen LogP) is 6.77. The molecule has 0 saturated heterocycles. The average molecular weight is 561 g/mol. The monoisotopic (exact) mass is 560 g/mol. The van der Waals surface area contributed by atoms with Gasteiger partial charge in [-0.3, -0.25) is 14.6 Å². The molecule has 0 fully saturated rings. The SMILES string of the molecule is COC(=O)CCNC(=O)c1ccc(OCCCCCCCc2ccc(-c3ccc(C(F)(F)F)cc3)nc2)c(F)c1. The van der Waals surface area contributed by atoms with Gasteiger partial charge in [-0.1, -0.05) is 37.5 Å². The number of carbonyl (C=O) groups is 2. The van der Waals surface area contributed by atoms with E-state index in [9.17, 15) is 27.2 Å². The summed E-state index contributed by atoms with van der Waals surface area (Å²) in [6, 6.07) is 12.7. The molecule has 1 heterocycles. The molecular formula is C30H32F4N2O4. The number of alkyl halides is 3. The van der Waals surface area contributed by atoms with Gasteiger partial charge in [-0.2, -0.15) is 13.2 Å². The summed E-state index contributed by atoms with van der Waals surface area (Å²) in [4.78, 5) is 27.5. The van der Waals surface area contributed by atoms with Crippen molar-refractivity contribution in [1.82, 2.24) is 10.3 Å². The van der Waals surface area contributed by atoms with Crippen molar-refractivity contribution in [3.8, 4) is 17.0 Å². The third-order valence-electron chi connectivity index (χ3n) is 6.24. The molecule has 3 rings (SSSR count). The molecule has 6 nitrogen and oxygen atoms in total. The topological polar surface area (TPSA) is 77.5 Å². The third kappa shape index (κ3) is 9.66. The van der Waals surface area contributed by atoms with Gasteiger partial charge in [0, 0.05) is 23.9 Å². The zero-order valence-corrected chi connectivity index (χ0v) is 22.2. The molecule has 1 aromatic heterocycles. The van der Waals surface area contributed by atoms with Gasteiger partial charge in [-0.15, -0.1) is 0 Å². The molecule has 0 atom stereocenters. The Morgan fingerprint density at radius 1 is 0.925 bits per heavy atom. The lowest BCUT2D eigenvalue weighted by Gasteiger charge is -2.09. The van der Waals surface area contributed by atoms with E-state index in [1.807, 2.05) is 12.1 Å². The minimum absolute atomic E-state index is 0.0326. The lowest BCUT2D eigenvalue weighted by atomic mass is 10.0. The van der Waals surface area contributed by atoms with Crippen LogP contribution >= 0.6 is 0 Å². The number of nitrogens with one attached hydrogen (secondary N) is 1. The highest BCUT2D eigenvalue weighted by Crippen LogP contribution is 2.30. The van der Waals surface area contributed by atoms with E-state index in [1.165, 1.54) is 31.4 Å². The van der Waals surface area contributed by atoms with E-state index in [2.05, 4.69) is 15.0 Å². The minimum Gasteiger partial charge on any atom is -0.491 e. The van der Waals surface area contributed by atoms with Gasteiger partial charge in [-0.05, 0) is 61.2 Å². The normalized spacial score (nSPS) is 11.2. The zero-order valence-electron chi connectivity index (χ0n) is 22.2. The molecule has 2 aromatic carbocycles. The second-order valence-electron chi connectivity index (χ2n) is 9.22. The standard InChI is InChI=1S/C30H32F4N2O4/c1-39-28(37)16-17-35-29(38)23-11-15-27(25(31)19-23)40-18-6-4-2-3-5-7-21-8-14-26(36-20-21)22-9-12-24(13-10-22)30(32,33)34/h8-15,19-20H,2-7,16-18H2,1H3,(H,35,38). The summed E-state index contributed by atoms with van der Waals surface area (Å²) in [7, 11) is 1.26. The molecular weight excluding hydrogens is 528 g/mol. The number of amides is 1. The summed E-state index contributed by atoms with van der Waals surface area (Å²) in [6.07, 6.45) is 2.94. The Bertz CT molecular complexity index is 1250. The molecule has 40 heavy (non-hydrogen) atoms. The number of halogens is 4. The molecule has 0 aliphatic heterocycles. The van der Waals surface area contributed by atoms with Crippen LogP contribution in [0.3, 0.4) is 0 Å². The molecule has 3 aromatic rings. The second-order valence-corrected chi connectivity index (χ2v) is 9.22. The molecule has 214 valence electrons. The molecule has 0 aliphatic rings. The van der Waals surface area contributed by atoms with Gasteiger partial charge in [0.2, 0.25) is 0 Å². The van der Waals surface area contributed by atoms with Gasteiger partial charge in [0.25, 0.3) is 5.91 Å². The van der Waals surface area contributed by atoms with Crippen molar-refractivity contribution >= 4 is 11.9 Å². The second kappa shape index (κ2) is 15.0. The molecule has 0 spiro atoms. The van der Waals surface area contributed by atoms with Crippen LogP contribution < -0.4 is 10.1 Å². The number of aromatic nitrogens is 1. The van der Waals surface area contributed by atoms with Crippen molar-refractivity contribution in [2.45, 2.75) is 51.1 Å². The Morgan fingerprint density at radius 2 is 1.65 bits per heavy atom. The third-order valence-corrected chi connectivity index (χ3v) is 6.24. The van der Waals surface area contributed by atoms with Crippen LogP contribution in [-0.2, 0) is 22.1 Å². The average Bonchev–Trinajstić information content (AvgIpc) is 2.94. The van der Waals surface area contributed by atoms with Crippen molar-refractivity contribution < 1.29 is 36.6 Å². The number of rotatable bonds is 14. The van der Waals surface area contributed by atoms with Crippen molar-refractivity contribution in [3.05, 3.63) is 83.3 Å². The number of pyridine rings is 1. The van der Waals surface area contributed by atoms with Crippen molar-refractivity contribution in [2.75, 3.05) is 20.3 Å². The molecule has 0 saturated carbocycles. The lowest BCUT2D eigenvalue weighted by Crippen LogP contribution is -2.26. The Labute approximate surface area is 230 Å². The molecule has 0 bridgehead atoms. The molecule has 0 unspecified atom stereocenters. The highest BCUT2D eigenvalue weighted by atomic mass is 19.4. The summed E-state index contributed by atoms with van der Waals surface area (Å²) >= 11 is 0. The van der Waals surface area contributed by atoms with Gasteiger partial charge in [-0.25, -0.2) is 4.39 Å². The van der Waals surface area contributed by atoms with Crippen molar-refractivity contribution in [3.63, 3.8) is 0 Å². The number of carbonyl (C=O) groups excluding carboxylic acids is 2. The van der Waals surface area contributed by atoms with Crippen LogP contribution in [-0.4, -0.2) is 37.1 Å². The van der Waals surface area contributed by atoms with Gasteiger partial charge in [0.15, 0.2) is 11.6 Å². The predicted molar refractivity (Wildman–Crippen MR) is 142 cm³/mol.